The minimum atomic E-state index is -0.0186. The summed E-state index contributed by atoms with van der Waals surface area (Å²) < 4.78 is 0. The average Bonchev–Trinajstić information content (AvgIpc) is 2.54. The zero-order chi connectivity index (χ0) is 14.8. The van der Waals surface area contributed by atoms with E-state index in [1.807, 2.05) is 43.3 Å². The first kappa shape index (κ1) is 13.7. The van der Waals surface area contributed by atoms with Gasteiger partial charge in [-0.05, 0) is 42.5 Å². The smallest absolute Gasteiger partial charge is 0.258 e. The molecule has 3 nitrogen and oxygen atoms in total. The van der Waals surface area contributed by atoms with E-state index < -0.39 is 0 Å². The third kappa shape index (κ3) is 2.40. The van der Waals surface area contributed by atoms with Gasteiger partial charge in [-0.25, -0.2) is 0 Å². The molecular weight excluding hydrogens is 262 g/mol. The van der Waals surface area contributed by atoms with Gasteiger partial charge in [0.25, 0.3) is 5.91 Å². The molecule has 3 rings (SSSR count). The van der Waals surface area contributed by atoms with Crippen molar-refractivity contribution in [3.05, 3.63) is 59.2 Å². The molecule has 1 aliphatic heterocycles. The van der Waals surface area contributed by atoms with Gasteiger partial charge in [0.15, 0.2) is 0 Å². The van der Waals surface area contributed by atoms with Gasteiger partial charge in [0, 0.05) is 12.1 Å². The number of aromatic hydroxyl groups is 1. The molecule has 0 bridgehead atoms. The van der Waals surface area contributed by atoms with Crippen LogP contribution in [0, 0.1) is 0 Å². The molecule has 0 radical (unpaired) electrons. The summed E-state index contributed by atoms with van der Waals surface area (Å²) in [7, 11) is 0. The number of nitrogens with zero attached hydrogens (tertiary/aromatic N) is 1. The maximum absolute atomic E-state index is 12.9. The minimum absolute atomic E-state index is 0.0186. The van der Waals surface area contributed by atoms with Crippen molar-refractivity contribution in [3.63, 3.8) is 0 Å². The zero-order valence-electron chi connectivity index (χ0n) is 12.2. The van der Waals surface area contributed by atoms with E-state index in [0.717, 1.165) is 36.0 Å². The third-order valence-corrected chi connectivity index (χ3v) is 4.07. The van der Waals surface area contributed by atoms with Crippen LogP contribution in [-0.2, 0) is 12.8 Å². The molecule has 0 unspecified atom stereocenters. The van der Waals surface area contributed by atoms with E-state index in [4.69, 9.17) is 0 Å². The molecule has 2 aromatic rings. The SMILES string of the molecule is CCc1ccccc1C(=O)N1CCCc2cccc(O)c21. The van der Waals surface area contributed by atoms with Crippen molar-refractivity contribution in [1.29, 1.82) is 0 Å². The number of fused-ring (bicyclic) bond motifs is 1. The topological polar surface area (TPSA) is 40.5 Å². The van der Waals surface area contributed by atoms with Crippen molar-refractivity contribution in [1.82, 2.24) is 0 Å². The lowest BCUT2D eigenvalue weighted by atomic mass is 9.98. The lowest BCUT2D eigenvalue weighted by molar-refractivity contribution is 0.0983. The Morgan fingerprint density at radius 1 is 1.19 bits per heavy atom. The molecule has 21 heavy (non-hydrogen) atoms. The fourth-order valence-electron chi connectivity index (χ4n) is 3.02. The summed E-state index contributed by atoms with van der Waals surface area (Å²) in [5.74, 6) is 0.171. The number of benzene rings is 2. The van der Waals surface area contributed by atoms with E-state index in [1.54, 1.807) is 11.0 Å². The standard InChI is InChI=1S/C18H19NO2/c1-2-13-7-3-4-10-15(13)18(21)19-12-6-9-14-8-5-11-16(20)17(14)19/h3-5,7-8,10-11,20H,2,6,9,12H2,1H3. The van der Waals surface area contributed by atoms with Gasteiger partial charge in [-0.1, -0.05) is 37.3 Å². The van der Waals surface area contributed by atoms with Gasteiger partial charge in [-0.2, -0.15) is 0 Å². The maximum Gasteiger partial charge on any atom is 0.258 e. The van der Waals surface area contributed by atoms with Crippen LogP contribution in [0.5, 0.6) is 5.75 Å². The van der Waals surface area contributed by atoms with Crippen molar-refractivity contribution in [2.75, 3.05) is 11.4 Å². The highest BCUT2D eigenvalue weighted by Crippen LogP contribution is 2.36. The molecular formula is C18H19NO2. The third-order valence-electron chi connectivity index (χ3n) is 4.07. The molecule has 3 heteroatoms. The van der Waals surface area contributed by atoms with Crippen LogP contribution in [0.15, 0.2) is 42.5 Å². The molecule has 0 aromatic heterocycles. The lowest BCUT2D eigenvalue weighted by Gasteiger charge is -2.30. The Kier molecular flexibility index (Phi) is 3.65. The number of aryl methyl sites for hydroxylation is 2. The summed E-state index contributed by atoms with van der Waals surface area (Å²) in [6.07, 6.45) is 2.66. The molecule has 2 aromatic carbocycles. The molecule has 0 saturated carbocycles. The molecule has 0 atom stereocenters. The summed E-state index contributed by atoms with van der Waals surface area (Å²) in [5.41, 5.74) is 3.50. The Morgan fingerprint density at radius 3 is 2.81 bits per heavy atom. The molecule has 1 aliphatic rings. The Bertz CT molecular complexity index is 679. The van der Waals surface area contributed by atoms with E-state index in [-0.39, 0.29) is 11.7 Å². The van der Waals surface area contributed by atoms with Gasteiger partial charge in [-0.15, -0.1) is 0 Å². The highest BCUT2D eigenvalue weighted by atomic mass is 16.3. The number of para-hydroxylation sites is 1. The molecule has 0 spiro atoms. The Morgan fingerprint density at radius 2 is 2.00 bits per heavy atom. The number of phenolic OH excluding ortho intramolecular Hbond substituents is 1. The molecule has 0 aliphatic carbocycles. The number of hydrogen-bond donors (Lipinski definition) is 1. The Labute approximate surface area is 124 Å². The van der Waals surface area contributed by atoms with Crippen LogP contribution < -0.4 is 4.90 Å². The number of hydrogen-bond acceptors (Lipinski definition) is 2. The highest BCUT2D eigenvalue weighted by molar-refractivity contribution is 6.08. The van der Waals surface area contributed by atoms with Gasteiger partial charge in [0.1, 0.15) is 5.75 Å². The normalized spacial score (nSPS) is 13.9. The summed E-state index contributed by atoms with van der Waals surface area (Å²) in [5, 5.41) is 10.2. The first-order chi connectivity index (χ1) is 10.2. The fourth-order valence-corrected chi connectivity index (χ4v) is 3.02. The van der Waals surface area contributed by atoms with Crippen LogP contribution >= 0.6 is 0 Å². The van der Waals surface area contributed by atoms with Crippen LogP contribution in [-0.4, -0.2) is 17.6 Å². The van der Waals surface area contributed by atoms with E-state index in [0.29, 0.717) is 12.2 Å². The number of phenols is 1. The average molecular weight is 281 g/mol. The molecule has 1 N–H and O–H groups in total. The molecule has 0 saturated heterocycles. The van der Waals surface area contributed by atoms with Crippen LogP contribution in [0.2, 0.25) is 0 Å². The zero-order valence-corrected chi connectivity index (χ0v) is 12.2. The monoisotopic (exact) mass is 281 g/mol. The van der Waals surface area contributed by atoms with Gasteiger partial charge in [0.05, 0.1) is 5.69 Å². The quantitative estimate of drug-likeness (QED) is 0.914. The van der Waals surface area contributed by atoms with Gasteiger partial charge < -0.3 is 10.0 Å². The Hall–Kier alpha value is -2.29. The molecule has 1 amide bonds. The number of amides is 1. The lowest BCUT2D eigenvalue weighted by Crippen LogP contribution is -2.36. The number of carbonyl (C=O) groups is 1. The summed E-state index contributed by atoms with van der Waals surface area (Å²) in [6, 6.07) is 13.2. The van der Waals surface area contributed by atoms with E-state index >= 15 is 0 Å². The second-order valence-corrected chi connectivity index (χ2v) is 5.36. The van der Waals surface area contributed by atoms with Crippen molar-refractivity contribution < 1.29 is 9.90 Å². The molecule has 1 heterocycles. The van der Waals surface area contributed by atoms with Crippen LogP contribution in [0.4, 0.5) is 5.69 Å². The van der Waals surface area contributed by atoms with Crippen LogP contribution in [0.3, 0.4) is 0 Å². The first-order valence-electron chi connectivity index (χ1n) is 7.43. The van der Waals surface area contributed by atoms with Crippen molar-refractivity contribution in [2.24, 2.45) is 0 Å². The van der Waals surface area contributed by atoms with E-state index in [2.05, 4.69) is 0 Å². The van der Waals surface area contributed by atoms with Crippen LogP contribution in [0.1, 0.15) is 34.8 Å². The van der Waals surface area contributed by atoms with E-state index in [9.17, 15) is 9.90 Å². The Balaban J connectivity index is 2.05. The largest absolute Gasteiger partial charge is 0.506 e. The fraction of sp³-hybridized carbons (Fsp3) is 0.278. The summed E-state index contributed by atoms with van der Waals surface area (Å²) in [6.45, 7) is 2.70. The van der Waals surface area contributed by atoms with Crippen molar-refractivity contribution in [2.45, 2.75) is 26.2 Å². The second kappa shape index (κ2) is 5.60. The van der Waals surface area contributed by atoms with E-state index in [1.165, 1.54) is 0 Å². The molecule has 0 fully saturated rings. The van der Waals surface area contributed by atoms with Crippen LogP contribution in [0.25, 0.3) is 0 Å². The second-order valence-electron chi connectivity index (χ2n) is 5.36. The predicted octanol–water partition coefficient (Wildman–Crippen LogP) is 3.55. The number of anilines is 1. The highest BCUT2D eigenvalue weighted by Gasteiger charge is 2.27. The minimum Gasteiger partial charge on any atom is -0.506 e. The number of carbonyl (C=O) groups excluding carboxylic acids is 1. The summed E-state index contributed by atoms with van der Waals surface area (Å²) >= 11 is 0. The predicted molar refractivity (Wildman–Crippen MR) is 83.9 cm³/mol. The number of rotatable bonds is 2. The first-order valence-corrected chi connectivity index (χ1v) is 7.43. The van der Waals surface area contributed by atoms with Crippen molar-refractivity contribution in [3.8, 4) is 5.75 Å². The maximum atomic E-state index is 12.9. The van der Waals surface area contributed by atoms with Crippen molar-refractivity contribution >= 4 is 11.6 Å². The van der Waals surface area contributed by atoms with Gasteiger partial charge in [0.2, 0.25) is 0 Å². The molecule has 108 valence electrons. The summed E-state index contributed by atoms with van der Waals surface area (Å²) in [4.78, 5) is 14.6. The van der Waals surface area contributed by atoms with Gasteiger partial charge in [-0.3, -0.25) is 4.79 Å². The van der Waals surface area contributed by atoms with Gasteiger partial charge >= 0.3 is 0 Å².